The predicted molar refractivity (Wildman–Crippen MR) is 50.3 cm³/mol. The van der Waals surface area contributed by atoms with Gasteiger partial charge in [-0.15, -0.1) is 0 Å². The van der Waals surface area contributed by atoms with Gasteiger partial charge in [0.15, 0.2) is 0 Å². The Bertz CT molecular complexity index is 220. The Morgan fingerprint density at radius 3 is 2.92 bits per heavy atom. The van der Waals surface area contributed by atoms with Gasteiger partial charge in [0.1, 0.15) is 6.10 Å². The largest absolute Gasteiger partial charge is 0.396 e. The van der Waals surface area contributed by atoms with Crippen molar-refractivity contribution in [3.05, 3.63) is 30.1 Å². The third kappa shape index (κ3) is 3.13. The molecule has 0 aliphatic carbocycles. The molecular formula is C10H15NO2. The maximum atomic E-state index is 8.82. The summed E-state index contributed by atoms with van der Waals surface area (Å²) in [4.78, 5) is 4.18. The van der Waals surface area contributed by atoms with E-state index in [1.165, 1.54) is 0 Å². The van der Waals surface area contributed by atoms with Gasteiger partial charge in [-0.3, -0.25) is 4.98 Å². The first-order valence-electron chi connectivity index (χ1n) is 4.52. The third-order valence-electron chi connectivity index (χ3n) is 1.78. The highest BCUT2D eigenvalue weighted by Crippen LogP contribution is 2.17. The lowest BCUT2D eigenvalue weighted by molar-refractivity contribution is 0.0404. The number of hydrogen-bond donors (Lipinski definition) is 1. The smallest absolute Gasteiger partial charge is 0.102 e. The maximum absolute atomic E-state index is 8.82. The van der Waals surface area contributed by atoms with Gasteiger partial charge in [0.25, 0.3) is 0 Å². The third-order valence-corrected chi connectivity index (χ3v) is 1.78. The van der Waals surface area contributed by atoms with Crippen molar-refractivity contribution in [3.8, 4) is 0 Å². The van der Waals surface area contributed by atoms with Crippen molar-refractivity contribution in [1.29, 1.82) is 0 Å². The minimum absolute atomic E-state index is 0.0730. The Hall–Kier alpha value is -0.930. The molecule has 1 aromatic heterocycles. The molecule has 72 valence electrons. The first-order chi connectivity index (χ1) is 6.38. The van der Waals surface area contributed by atoms with Crippen LogP contribution in [0.2, 0.25) is 0 Å². The first kappa shape index (κ1) is 10.2. The van der Waals surface area contributed by atoms with E-state index < -0.39 is 0 Å². The van der Waals surface area contributed by atoms with Crippen LogP contribution in [0.25, 0.3) is 0 Å². The van der Waals surface area contributed by atoms with E-state index in [4.69, 9.17) is 9.84 Å². The average Bonchev–Trinajstić information content (AvgIpc) is 2.19. The molecule has 3 heteroatoms. The second kappa shape index (κ2) is 5.67. The number of nitrogens with zero attached hydrogens (tertiary/aromatic N) is 1. The summed E-state index contributed by atoms with van der Waals surface area (Å²) in [6.45, 7) is 2.70. The first-order valence-corrected chi connectivity index (χ1v) is 4.52. The molecule has 1 atom stereocenters. The zero-order chi connectivity index (χ0) is 9.52. The predicted octanol–water partition coefficient (Wildman–Crippen LogP) is 1.54. The Labute approximate surface area is 78.4 Å². The average molecular weight is 181 g/mol. The van der Waals surface area contributed by atoms with Crippen LogP contribution in [0, 0.1) is 0 Å². The van der Waals surface area contributed by atoms with Crippen molar-refractivity contribution in [2.24, 2.45) is 0 Å². The molecule has 3 nitrogen and oxygen atoms in total. The number of rotatable bonds is 5. The summed E-state index contributed by atoms with van der Waals surface area (Å²) in [5, 5.41) is 8.82. The topological polar surface area (TPSA) is 42.4 Å². The van der Waals surface area contributed by atoms with Gasteiger partial charge in [0.05, 0.1) is 5.69 Å². The lowest BCUT2D eigenvalue weighted by Gasteiger charge is -2.14. The van der Waals surface area contributed by atoms with Crippen molar-refractivity contribution >= 4 is 0 Å². The highest BCUT2D eigenvalue weighted by molar-refractivity contribution is 5.06. The molecule has 0 aromatic carbocycles. The van der Waals surface area contributed by atoms with Gasteiger partial charge in [-0.25, -0.2) is 0 Å². The fourth-order valence-corrected chi connectivity index (χ4v) is 1.20. The molecule has 0 radical (unpaired) electrons. The van der Waals surface area contributed by atoms with Crippen molar-refractivity contribution in [2.45, 2.75) is 19.4 Å². The summed E-state index contributed by atoms with van der Waals surface area (Å²) in [6.07, 6.45) is 2.26. The number of aromatic nitrogens is 1. The Kier molecular flexibility index (Phi) is 4.43. The molecule has 0 aliphatic rings. The van der Waals surface area contributed by atoms with Crippen LogP contribution in [0.15, 0.2) is 24.4 Å². The summed E-state index contributed by atoms with van der Waals surface area (Å²) in [5.74, 6) is 0. The van der Waals surface area contributed by atoms with E-state index in [-0.39, 0.29) is 12.7 Å². The van der Waals surface area contributed by atoms with E-state index >= 15 is 0 Å². The maximum Gasteiger partial charge on any atom is 0.102 e. The summed E-state index contributed by atoms with van der Waals surface area (Å²) in [6, 6.07) is 5.70. The number of pyridine rings is 1. The van der Waals surface area contributed by atoms with Crippen LogP contribution in [0.5, 0.6) is 0 Å². The Balaban J connectivity index is 2.64. The van der Waals surface area contributed by atoms with Crippen LogP contribution in [0.3, 0.4) is 0 Å². The molecule has 1 rings (SSSR count). The van der Waals surface area contributed by atoms with E-state index in [2.05, 4.69) is 4.98 Å². The van der Waals surface area contributed by atoms with Gasteiger partial charge in [0, 0.05) is 25.8 Å². The molecule has 0 bridgehead atoms. The standard InChI is InChI=1S/C10H15NO2/c1-2-13-10(6-8-12)9-5-3-4-7-11-9/h3-5,7,10,12H,2,6,8H2,1H3. The quantitative estimate of drug-likeness (QED) is 0.749. The lowest BCUT2D eigenvalue weighted by Crippen LogP contribution is -2.07. The fourth-order valence-electron chi connectivity index (χ4n) is 1.20. The van der Waals surface area contributed by atoms with Crippen LogP contribution in [-0.2, 0) is 4.74 Å². The van der Waals surface area contributed by atoms with Gasteiger partial charge < -0.3 is 9.84 Å². The van der Waals surface area contributed by atoms with Crippen LogP contribution in [0.4, 0.5) is 0 Å². The molecule has 0 fully saturated rings. The van der Waals surface area contributed by atoms with E-state index in [1.54, 1.807) is 6.20 Å². The van der Waals surface area contributed by atoms with Crippen molar-refractivity contribution in [3.63, 3.8) is 0 Å². The second-order valence-corrected chi connectivity index (χ2v) is 2.71. The van der Waals surface area contributed by atoms with Gasteiger partial charge >= 0.3 is 0 Å². The molecule has 0 saturated carbocycles. The molecule has 0 aliphatic heterocycles. The van der Waals surface area contributed by atoms with E-state index in [0.717, 1.165) is 5.69 Å². The second-order valence-electron chi connectivity index (χ2n) is 2.71. The van der Waals surface area contributed by atoms with Gasteiger partial charge in [-0.05, 0) is 19.1 Å². The number of hydrogen-bond acceptors (Lipinski definition) is 3. The van der Waals surface area contributed by atoms with Crippen molar-refractivity contribution < 1.29 is 9.84 Å². The highest BCUT2D eigenvalue weighted by Gasteiger charge is 2.10. The van der Waals surface area contributed by atoms with Crippen LogP contribution >= 0.6 is 0 Å². The van der Waals surface area contributed by atoms with Crippen molar-refractivity contribution in [1.82, 2.24) is 4.98 Å². The summed E-state index contributed by atoms with van der Waals surface area (Å²) in [7, 11) is 0. The summed E-state index contributed by atoms with van der Waals surface area (Å²) < 4.78 is 5.45. The minimum Gasteiger partial charge on any atom is -0.396 e. The van der Waals surface area contributed by atoms with Gasteiger partial charge in [-0.1, -0.05) is 6.07 Å². The molecule has 0 spiro atoms. The fraction of sp³-hybridized carbons (Fsp3) is 0.500. The highest BCUT2D eigenvalue weighted by atomic mass is 16.5. The summed E-state index contributed by atoms with van der Waals surface area (Å²) >= 11 is 0. The zero-order valence-corrected chi connectivity index (χ0v) is 7.81. The van der Waals surface area contributed by atoms with E-state index in [1.807, 2.05) is 25.1 Å². The SMILES string of the molecule is CCOC(CCO)c1ccccn1. The minimum atomic E-state index is -0.0730. The van der Waals surface area contributed by atoms with Crippen LogP contribution < -0.4 is 0 Å². The van der Waals surface area contributed by atoms with Crippen LogP contribution in [-0.4, -0.2) is 23.3 Å². The normalized spacial score (nSPS) is 12.8. The van der Waals surface area contributed by atoms with E-state index in [0.29, 0.717) is 13.0 Å². The molecule has 0 saturated heterocycles. The Morgan fingerprint density at radius 1 is 1.54 bits per heavy atom. The molecule has 1 aromatic rings. The summed E-state index contributed by atoms with van der Waals surface area (Å²) in [5.41, 5.74) is 0.887. The number of ether oxygens (including phenoxy) is 1. The molecule has 13 heavy (non-hydrogen) atoms. The van der Waals surface area contributed by atoms with Crippen molar-refractivity contribution in [2.75, 3.05) is 13.2 Å². The molecule has 1 N–H and O–H groups in total. The van der Waals surface area contributed by atoms with E-state index in [9.17, 15) is 0 Å². The molecule has 1 heterocycles. The van der Waals surface area contributed by atoms with Gasteiger partial charge in [-0.2, -0.15) is 0 Å². The lowest BCUT2D eigenvalue weighted by atomic mass is 10.2. The number of aliphatic hydroxyl groups excluding tert-OH is 1. The molecule has 0 amide bonds. The van der Waals surface area contributed by atoms with Crippen LogP contribution in [0.1, 0.15) is 25.1 Å². The monoisotopic (exact) mass is 181 g/mol. The van der Waals surface area contributed by atoms with Gasteiger partial charge in [0.2, 0.25) is 0 Å². The Morgan fingerprint density at radius 2 is 2.38 bits per heavy atom. The molecular weight excluding hydrogens is 166 g/mol. The molecule has 1 unspecified atom stereocenters. The number of aliphatic hydroxyl groups is 1. The zero-order valence-electron chi connectivity index (χ0n) is 7.81.